The van der Waals surface area contributed by atoms with Gasteiger partial charge in [-0.25, -0.2) is 0 Å². The molecule has 0 saturated heterocycles. The SMILES string of the molecule is O=S([O-])Nc1ccc[nH]1. The number of aromatic nitrogens is 1. The van der Waals surface area contributed by atoms with Crippen molar-refractivity contribution in [2.45, 2.75) is 0 Å². The summed E-state index contributed by atoms with van der Waals surface area (Å²) in [5.41, 5.74) is 0. The molecule has 0 aliphatic carbocycles. The average molecular weight is 145 g/mol. The van der Waals surface area contributed by atoms with E-state index in [1.165, 1.54) is 0 Å². The number of rotatable bonds is 2. The van der Waals surface area contributed by atoms with E-state index < -0.39 is 11.3 Å². The number of aromatic amines is 1. The van der Waals surface area contributed by atoms with Crippen LogP contribution in [-0.2, 0) is 11.3 Å². The van der Waals surface area contributed by atoms with Crippen LogP contribution in [0.3, 0.4) is 0 Å². The van der Waals surface area contributed by atoms with Gasteiger partial charge in [0, 0.05) is 17.5 Å². The summed E-state index contributed by atoms with van der Waals surface area (Å²) in [6.45, 7) is 0. The Balaban J connectivity index is 2.58. The predicted molar refractivity (Wildman–Crippen MR) is 33.3 cm³/mol. The predicted octanol–water partition coefficient (Wildman–Crippen LogP) is 0.221. The highest BCUT2D eigenvalue weighted by Gasteiger charge is 1.85. The van der Waals surface area contributed by atoms with Crippen LogP contribution < -0.4 is 4.72 Å². The monoisotopic (exact) mass is 145 g/mol. The lowest BCUT2D eigenvalue weighted by molar-refractivity contribution is 0.542. The fraction of sp³-hybridized carbons (Fsp3) is 0. The van der Waals surface area contributed by atoms with E-state index in [1.807, 2.05) is 0 Å². The second-order valence-corrected chi connectivity index (χ2v) is 2.09. The molecule has 1 heterocycles. The first-order valence-electron chi connectivity index (χ1n) is 2.28. The second kappa shape index (κ2) is 2.65. The van der Waals surface area contributed by atoms with E-state index >= 15 is 0 Å². The minimum absolute atomic E-state index is 0.475. The van der Waals surface area contributed by atoms with Gasteiger partial charge in [0.25, 0.3) is 0 Å². The van der Waals surface area contributed by atoms with Crippen LogP contribution in [0.5, 0.6) is 0 Å². The molecule has 0 fully saturated rings. The molecule has 0 aliphatic heterocycles. The van der Waals surface area contributed by atoms with Crippen molar-refractivity contribution in [1.82, 2.24) is 4.98 Å². The first kappa shape index (κ1) is 6.31. The zero-order chi connectivity index (χ0) is 6.69. The smallest absolute Gasteiger partial charge is 0.114 e. The van der Waals surface area contributed by atoms with Gasteiger partial charge in [-0.2, -0.15) is 0 Å². The lowest BCUT2D eigenvalue weighted by Crippen LogP contribution is -2.01. The molecule has 9 heavy (non-hydrogen) atoms. The topological polar surface area (TPSA) is 67.9 Å². The third kappa shape index (κ3) is 1.87. The average Bonchev–Trinajstić information content (AvgIpc) is 2.15. The van der Waals surface area contributed by atoms with E-state index in [-0.39, 0.29) is 0 Å². The highest BCUT2D eigenvalue weighted by atomic mass is 32.2. The summed E-state index contributed by atoms with van der Waals surface area (Å²) < 4.78 is 22.0. The Morgan fingerprint density at radius 3 is 3.00 bits per heavy atom. The number of hydrogen-bond acceptors (Lipinski definition) is 2. The number of anilines is 1. The van der Waals surface area contributed by atoms with Gasteiger partial charge in [0.2, 0.25) is 0 Å². The molecule has 0 radical (unpaired) electrons. The minimum atomic E-state index is -2.23. The molecule has 4 nitrogen and oxygen atoms in total. The van der Waals surface area contributed by atoms with Crippen LogP contribution in [0.1, 0.15) is 0 Å². The molecular weight excluding hydrogens is 140 g/mol. The van der Waals surface area contributed by atoms with E-state index in [0.29, 0.717) is 5.82 Å². The maximum Gasteiger partial charge on any atom is 0.114 e. The summed E-state index contributed by atoms with van der Waals surface area (Å²) in [6.07, 6.45) is 1.63. The summed E-state index contributed by atoms with van der Waals surface area (Å²) in [6, 6.07) is 3.32. The van der Waals surface area contributed by atoms with Crippen LogP contribution in [0.15, 0.2) is 18.3 Å². The van der Waals surface area contributed by atoms with E-state index in [2.05, 4.69) is 9.71 Å². The third-order valence-electron chi connectivity index (χ3n) is 0.791. The zero-order valence-corrected chi connectivity index (χ0v) is 5.27. The molecule has 5 heteroatoms. The van der Waals surface area contributed by atoms with Gasteiger partial charge in [0.1, 0.15) is 5.82 Å². The third-order valence-corrected chi connectivity index (χ3v) is 1.18. The lowest BCUT2D eigenvalue weighted by atomic mass is 10.6. The Bertz CT molecular complexity index is 196. The van der Waals surface area contributed by atoms with Crippen molar-refractivity contribution in [3.8, 4) is 0 Å². The molecule has 0 bridgehead atoms. The Morgan fingerprint density at radius 1 is 1.78 bits per heavy atom. The molecule has 0 amide bonds. The number of H-pyrrole nitrogens is 1. The van der Waals surface area contributed by atoms with Gasteiger partial charge in [-0.1, -0.05) is 0 Å². The molecule has 1 rings (SSSR count). The van der Waals surface area contributed by atoms with Crippen LogP contribution in [0.2, 0.25) is 0 Å². The highest BCUT2D eigenvalue weighted by Crippen LogP contribution is 1.99. The van der Waals surface area contributed by atoms with Gasteiger partial charge in [-0.3, -0.25) is 4.21 Å². The van der Waals surface area contributed by atoms with Crippen LogP contribution in [0, 0.1) is 0 Å². The van der Waals surface area contributed by atoms with Crippen molar-refractivity contribution >= 4 is 17.1 Å². The Hall–Kier alpha value is -0.810. The van der Waals surface area contributed by atoms with Crippen molar-refractivity contribution in [3.05, 3.63) is 18.3 Å². The molecule has 0 aromatic carbocycles. The van der Waals surface area contributed by atoms with Gasteiger partial charge >= 0.3 is 0 Å². The van der Waals surface area contributed by atoms with E-state index in [1.54, 1.807) is 18.3 Å². The summed E-state index contributed by atoms with van der Waals surface area (Å²) >= 11 is -2.23. The molecular formula is C4H5N2O2S-. The van der Waals surface area contributed by atoms with Gasteiger partial charge in [-0.05, 0) is 12.1 Å². The summed E-state index contributed by atoms with van der Waals surface area (Å²) in [7, 11) is 0. The van der Waals surface area contributed by atoms with Crippen molar-refractivity contribution in [3.63, 3.8) is 0 Å². The first-order valence-corrected chi connectivity index (χ1v) is 3.36. The number of nitrogens with one attached hydrogen (secondary N) is 2. The fourth-order valence-electron chi connectivity index (χ4n) is 0.484. The highest BCUT2D eigenvalue weighted by molar-refractivity contribution is 7.80. The van der Waals surface area contributed by atoms with Crippen LogP contribution in [0.25, 0.3) is 0 Å². The lowest BCUT2D eigenvalue weighted by Gasteiger charge is -2.04. The zero-order valence-electron chi connectivity index (χ0n) is 4.46. The van der Waals surface area contributed by atoms with E-state index in [4.69, 9.17) is 0 Å². The Labute approximate surface area is 54.7 Å². The van der Waals surface area contributed by atoms with E-state index in [0.717, 1.165) is 0 Å². The Morgan fingerprint density at radius 2 is 2.56 bits per heavy atom. The summed E-state index contributed by atoms with van der Waals surface area (Å²) in [5, 5.41) is 0. The molecule has 0 saturated carbocycles. The Kier molecular flexibility index (Phi) is 1.86. The second-order valence-electron chi connectivity index (χ2n) is 1.42. The normalized spacial score (nSPS) is 13.0. The van der Waals surface area contributed by atoms with Crippen molar-refractivity contribution in [1.29, 1.82) is 0 Å². The summed E-state index contributed by atoms with van der Waals surface area (Å²) in [4.78, 5) is 2.66. The van der Waals surface area contributed by atoms with Crippen molar-refractivity contribution in [2.24, 2.45) is 0 Å². The summed E-state index contributed by atoms with van der Waals surface area (Å²) in [5.74, 6) is 0.475. The molecule has 1 aromatic heterocycles. The molecule has 1 atom stereocenters. The van der Waals surface area contributed by atoms with Crippen LogP contribution >= 0.6 is 0 Å². The largest absolute Gasteiger partial charge is 0.755 e. The maximum absolute atomic E-state index is 9.94. The minimum Gasteiger partial charge on any atom is -0.755 e. The molecule has 1 unspecified atom stereocenters. The quantitative estimate of drug-likeness (QED) is 0.584. The van der Waals surface area contributed by atoms with Gasteiger partial charge in [0.15, 0.2) is 0 Å². The van der Waals surface area contributed by atoms with Crippen molar-refractivity contribution in [2.75, 3.05) is 4.72 Å². The van der Waals surface area contributed by atoms with Gasteiger partial charge in [0.05, 0.1) is 0 Å². The first-order chi connectivity index (χ1) is 4.29. The standard InChI is InChI=1S/C4H6N2O2S/c7-9(8)6-4-2-1-3-5-4/h1-3,5-6H,(H,7,8)/p-1. The van der Waals surface area contributed by atoms with Crippen LogP contribution in [0.4, 0.5) is 5.82 Å². The van der Waals surface area contributed by atoms with Crippen molar-refractivity contribution < 1.29 is 8.76 Å². The molecule has 50 valence electrons. The van der Waals surface area contributed by atoms with E-state index in [9.17, 15) is 8.76 Å². The fourth-order valence-corrected chi connectivity index (χ4v) is 0.790. The number of hydrogen-bond donors (Lipinski definition) is 2. The molecule has 1 aromatic rings. The van der Waals surface area contributed by atoms with Crippen LogP contribution in [-0.4, -0.2) is 13.7 Å². The maximum atomic E-state index is 9.94. The van der Waals surface area contributed by atoms with Gasteiger partial charge < -0.3 is 14.3 Å². The molecule has 2 N–H and O–H groups in total. The molecule has 0 aliphatic rings. The molecule has 0 spiro atoms. The van der Waals surface area contributed by atoms with Gasteiger partial charge in [-0.15, -0.1) is 0 Å².